The summed E-state index contributed by atoms with van der Waals surface area (Å²) in [6.07, 6.45) is 5.54. The topological polar surface area (TPSA) is 38.5 Å². The smallest absolute Gasteiger partial charge is 0.123 e. The van der Waals surface area contributed by atoms with Crippen LogP contribution in [0.3, 0.4) is 0 Å². The van der Waals surface area contributed by atoms with E-state index in [4.69, 9.17) is 22.1 Å². The Balaban J connectivity index is 1.67. The summed E-state index contributed by atoms with van der Waals surface area (Å²) < 4.78 is 6.44. The molecule has 2 aliphatic heterocycles. The van der Waals surface area contributed by atoms with Crippen molar-refractivity contribution in [2.24, 2.45) is 5.73 Å². The van der Waals surface area contributed by atoms with Crippen molar-refractivity contribution in [1.82, 2.24) is 4.90 Å². The molecule has 0 amide bonds. The van der Waals surface area contributed by atoms with Gasteiger partial charge in [-0.25, -0.2) is 0 Å². The van der Waals surface area contributed by atoms with Gasteiger partial charge in [0.25, 0.3) is 0 Å². The van der Waals surface area contributed by atoms with Gasteiger partial charge in [0, 0.05) is 18.1 Å². The molecule has 21 heavy (non-hydrogen) atoms. The van der Waals surface area contributed by atoms with Crippen molar-refractivity contribution in [2.75, 3.05) is 26.2 Å². The average molecular weight is 309 g/mol. The van der Waals surface area contributed by atoms with Crippen LogP contribution < -0.4 is 10.5 Å². The van der Waals surface area contributed by atoms with Gasteiger partial charge in [-0.15, -0.1) is 0 Å². The molecule has 1 fully saturated rings. The molecule has 1 saturated heterocycles. The van der Waals surface area contributed by atoms with E-state index in [1.165, 1.54) is 5.56 Å². The first-order chi connectivity index (χ1) is 10.1. The van der Waals surface area contributed by atoms with Gasteiger partial charge in [-0.3, -0.25) is 0 Å². The highest BCUT2D eigenvalue weighted by Crippen LogP contribution is 2.41. The molecule has 2 heterocycles. The summed E-state index contributed by atoms with van der Waals surface area (Å²) in [5, 5.41) is 0.852. The number of fused-ring (bicyclic) bond motifs is 1. The van der Waals surface area contributed by atoms with Gasteiger partial charge in [0.1, 0.15) is 11.4 Å². The van der Waals surface area contributed by atoms with Gasteiger partial charge in [0.2, 0.25) is 0 Å². The molecule has 1 spiro atoms. The zero-order chi connectivity index (χ0) is 14.9. The second kappa shape index (κ2) is 6.15. The Morgan fingerprint density at radius 1 is 1.29 bits per heavy atom. The number of nitrogens with two attached hydrogens (primary N) is 1. The first-order valence-electron chi connectivity index (χ1n) is 8.02. The lowest BCUT2D eigenvalue weighted by molar-refractivity contribution is -0.0145. The Morgan fingerprint density at radius 3 is 2.76 bits per heavy atom. The van der Waals surface area contributed by atoms with Crippen LogP contribution in [0.5, 0.6) is 5.75 Å². The zero-order valence-electron chi connectivity index (χ0n) is 12.8. The number of likely N-dealkylation sites (tertiary alicyclic amines) is 1. The van der Waals surface area contributed by atoms with Gasteiger partial charge < -0.3 is 15.4 Å². The molecule has 0 atom stereocenters. The van der Waals surface area contributed by atoms with Gasteiger partial charge in [0.15, 0.2) is 0 Å². The van der Waals surface area contributed by atoms with Crippen LogP contribution in [-0.2, 0) is 6.42 Å². The maximum absolute atomic E-state index is 6.44. The van der Waals surface area contributed by atoms with Gasteiger partial charge in [-0.2, -0.15) is 0 Å². The fourth-order valence-corrected chi connectivity index (χ4v) is 3.67. The fraction of sp³-hybridized carbons (Fsp3) is 0.647. The van der Waals surface area contributed by atoms with E-state index in [1.807, 2.05) is 6.92 Å². The van der Waals surface area contributed by atoms with Crippen molar-refractivity contribution >= 4 is 11.6 Å². The Hall–Kier alpha value is -0.770. The van der Waals surface area contributed by atoms with E-state index in [1.54, 1.807) is 0 Å². The number of benzene rings is 1. The van der Waals surface area contributed by atoms with E-state index in [0.717, 1.165) is 74.6 Å². The molecule has 2 aliphatic rings. The Morgan fingerprint density at radius 2 is 2.05 bits per heavy atom. The largest absolute Gasteiger partial charge is 0.487 e. The lowest BCUT2D eigenvalue weighted by atomic mass is 9.83. The van der Waals surface area contributed by atoms with E-state index in [-0.39, 0.29) is 5.60 Å². The van der Waals surface area contributed by atoms with Crippen molar-refractivity contribution in [3.63, 3.8) is 0 Å². The highest BCUT2D eigenvalue weighted by molar-refractivity contribution is 6.31. The summed E-state index contributed by atoms with van der Waals surface area (Å²) in [6, 6.07) is 4.19. The Kier molecular flexibility index (Phi) is 4.43. The number of piperidine rings is 1. The van der Waals surface area contributed by atoms with E-state index in [9.17, 15) is 0 Å². The molecule has 0 aromatic heterocycles. The van der Waals surface area contributed by atoms with Crippen LogP contribution in [0.2, 0.25) is 5.02 Å². The Labute approximate surface area is 132 Å². The van der Waals surface area contributed by atoms with Crippen LogP contribution in [0.1, 0.15) is 36.8 Å². The molecular formula is C17H25ClN2O. The van der Waals surface area contributed by atoms with Crippen LogP contribution >= 0.6 is 11.6 Å². The average Bonchev–Trinajstić information content (AvgIpc) is 2.49. The quantitative estimate of drug-likeness (QED) is 0.932. The molecule has 1 aromatic carbocycles. The van der Waals surface area contributed by atoms with E-state index in [2.05, 4.69) is 17.0 Å². The second-order valence-corrected chi connectivity index (χ2v) is 6.89. The third kappa shape index (κ3) is 3.20. The number of nitrogens with zero attached hydrogens (tertiary/aromatic N) is 1. The first kappa shape index (κ1) is 15.1. The molecule has 116 valence electrons. The van der Waals surface area contributed by atoms with Crippen molar-refractivity contribution in [1.29, 1.82) is 0 Å². The molecule has 3 rings (SSSR count). The molecule has 0 bridgehead atoms. The van der Waals surface area contributed by atoms with Gasteiger partial charge in [0.05, 0.1) is 0 Å². The first-order valence-corrected chi connectivity index (χ1v) is 8.40. The number of rotatable bonds is 3. The number of hydrogen-bond donors (Lipinski definition) is 1. The standard InChI is InChI=1S/C17H25ClN2O/c1-13-11-16-14(12-15(13)18)3-4-17(21-16)5-9-20(10-6-17)8-2-7-19/h11-12H,2-10,19H2,1H3. The minimum Gasteiger partial charge on any atom is -0.487 e. The summed E-state index contributed by atoms with van der Waals surface area (Å²) >= 11 is 6.22. The third-order valence-corrected chi connectivity index (χ3v) is 5.37. The maximum atomic E-state index is 6.44. The highest BCUT2D eigenvalue weighted by atomic mass is 35.5. The van der Waals surface area contributed by atoms with Crippen molar-refractivity contribution in [3.8, 4) is 5.75 Å². The highest BCUT2D eigenvalue weighted by Gasteiger charge is 2.39. The summed E-state index contributed by atoms with van der Waals surface area (Å²) in [4.78, 5) is 2.52. The zero-order valence-corrected chi connectivity index (χ0v) is 13.6. The summed E-state index contributed by atoms with van der Waals surface area (Å²) in [5.74, 6) is 1.05. The molecule has 0 saturated carbocycles. The normalized spacial score (nSPS) is 21.1. The van der Waals surface area contributed by atoms with E-state index >= 15 is 0 Å². The summed E-state index contributed by atoms with van der Waals surface area (Å²) in [6.45, 7) is 6.20. The minimum atomic E-state index is 0.0481. The van der Waals surface area contributed by atoms with Crippen molar-refractivity contribution in [3.05, 3.63) is 28.3 Å². The lowest BCUT2D eigenvalue weighted by Gasteiger charge is -2.44. The molecule has 1 aromatic rings. The number of halogens is 1. The molecule has 2 N–H and O–H groups in total. The molecule has 4 heteroatoms. The number of ether oxygens (including phenoxy) is 1. The Bertz CT molecular complexity index is 510. The monoisotopic (exact) mass is 308 g/mol. The van der Waals surface area contributed by atoms with Crippen LogP contribution in [-0.4, -0.2) is 36.7 Å². The van der Waals surface area contributed by atoms with E-state index in [0.29, 0.717) is 0 Å². The van der Waals surface area contributed by atoms with Crippen molar-refractivity contribution < 1.29 is 4.74 Å². The third-order valence-electron chi connectivity index (χ3n) is 4.96. The number of aryl methyl sites for hydroxylation is 2. The fourth-order valence-electron chi connectivity index (χ4n) is 3.48. The lowest BCUT2D eigenvalue weighted by Crippen LogP contribution is -2.50. The summed E-state index contributed by atoms with van der Waals surface area (Å²) in [7, 11) is 0. The SMILES string of the molecule is Cc1cc2c(cc1Cl)CCC1(CCN(CCCN)CC1)O2. The van der Waals surface area contributed by atoms with Crippen LogP contribution in [0, 0.1) is 6.92 Å². The predicted molar refractivity (Wildman–Crippen MR) is 87.2 cm³/mol. The summed E-state index contributed by atoms with van der Waals surface area (Å²) in [5.41, 5.74) is 8.02. The van der Waals surface area contributed by atoms with Gasteiger partial charge in [-0.1, -0.05) is 11.6 Å². The van der Waals surface area contributed by atoms with Crippen molar-refractivity contribution in [2.45, 2.75) is 44.6 Å². The van der Waals surface area contributed by atoms with Crippen LogP contribution in [0.25, 0.3) is 0 Å². The molecular weight excluding hydrogens is 284 g/mol. The van der Waals surface area contributed by atoms with E-state index < -0.39 is 0 Å². The molecule has 0 radical (unpaired) electrons. The van der Waals surface area contributed by atoms with Crippen LogP contribution in [0.4, 0.5) is 0 Å². The molecule has 0 unspecified atom stereocenters. The minimum absolute atomic E-state index is 0.0481. The maximum Gasteiger partial charge on any atom is 0.123 e. The van der Waals surface area contributed by atoms with Gasteiger partial charge in [-0.05, 0) is 75.4 Å². The molecule has 3 nitrogen and oxygen atoms in total. The van der Waals surface area contributed by atoms with Gasteiger partial charge >= 0.3 is 0 Å². The van der Waals surface area contributed by atoms with Crippen LogP contribution in [0.15, 0.2) is 12.1 Å². The predicted octanol–water partition coefficient (Wildman–Crippen LogP) is 3.16. The second-order valence-electron chi connectivity index (χ2n) is 6.48. The number of hydrogen-bond acceptors (Lipinski definition) is 3. The molecule has 0 aliphatic carbocycles.